The van der Waals surface area contributed by atoms with Gasteiger partial charge >= 0.3 is 11.9 Å². The largest absolute Gasteiger partial charge is 0.493 e. The molecule has 20 nitrogen and oxygen atoms in total. The van der Waals surface area contributed by atoms with Gasteiger partial charge in [-0.05, 0) is 49.9 Å². The third-order valence-corrected chi connectivity index (χ3v) is 12.0. The second-order valence-corrected chi connectivity index (χ2v) is 16.1. The van der Waals surface area contributed by atoms with Gasteiger partial charge in [-0.15, -0.1) is 0 Å². The molecule has 5 aliphatic rings. The van der Waals surface area contributed by atoms with Gasteiger partial charge in [0, 0.05) is 11.8 Å². The third kappa shape index (κ3) is 10.0. The Kier molecular flexibility index (Phi) is 15.1. The number of benzene rings is 2. The predicted octanol–water partition coefficient (Wildman–Crippen LogP) is 2.28. The monoisotopic (exact) mass is 874 g/mol. The number of nitroso groups, excluding NO2 is 1. The molecule has 4 saturated heterocycles. The first-order chi connectivity index (χ1) is 29.9. The molecule has 0 radical (unpaired) electrons. The van der Waals surface area contributed by atoms with Crippen LogP contribution in [0.5, 0.6) is 11.5 Å². The summed E-state index contributed by atoms with van der Waals surface area (Å²) in [4.78, 5) is 52.8. The van der Waals surface area contributed by atoms with E-state index in [1.54, 1.807) is 30.3 Å². The van der Waals surface area contributed by atoms with Crippen LogP contribution in [-0.4, -0.2) is 151 Å². The molecule has 14 unspecified atom stereocenters. The van der Waals surface area contributed by atoms with Gasteiger partial charge in [0.15, 0.2) is 54.7 Å². The summed E-state index contributed by atoms with van der Waals surface area (Å²) in [6, 6.07) is 11.0. The van der Waals surface area contributed by atoms with Crippen LogP contribution in [0.1, 0.15) is 62.2 Å². The van der Waals surface area contributed by atoms with E-state index in [9.17, 15) is 39.7 Å². The van der Waals surface area contributed by atoms with Gasteiger partial charge in [-0.3, -0.25) is 4.79 Å². The fraction of sp³-hybridized carbons (Fsp3) is 0.643. The lowest BCUT2D eigenvalue weighted by Crippen LogP contribution is -2.72. The van der Waals surface area contributed by atoms with Gasteiger partial charge in [-0.25, -0.2) is 9.59 Å². The number of hydrogen-bond donors (Lipinski definition) is 5. The second-order valence-electron chi connectivity index (χ2n) is 16.1. The fourth-order valence-corrected chi connectivity index (χ4v) is 8.64. The molecule has 2 aromatic rings. The predicted molar refractivity (Wildman–Crippen MR) is 211 cm³/mol. The summed E-state index contributed by atoms with van der Waals surface area (Å²) in [5.41, 5.74) is 0.427. The highest BCUT2D eigenvalue weighted by molar-refractivity contribution is 5.95. The number of hydrogen-bond acceptors (Lipinski definition) is 18. The van der Waals surface area contributed by atoms with Gasteiger partial charge in [0.1, 0.15) is 36.6 Å². The number of anilines is 1. The summed E-state index contributed by atoms with van der Waals surface area (Å²) in [5, 5.41) is 48.2. The number of ether oxygens (including phenoxy) is 10. The minimum Gasteiger partial charge on any atom is -0.493 e. The lowest BCUT2D eigenvalue weighted by atomic mass is 9.85. The van der Waals surface area contributed by atoms with Gasteiger partial charge in [-0.1, -0.05) is 55.5 Å². The number of carbonyl (C=O) groups is 3. The molecule has 0 spiro atoms. The molecule has 4 heterocycles. The van der Waals surface area contributed by atoms with Crippen molar-refractivity contribution in [2.45, 2.75) is 144 Å². The van der Waals surface area contributed by atoms with Gasteiger partial charge in [0.2, 0.25) is 0 Å². The van der Waals surface area contributed by atoms with Crippen LogP contribution < -0.4 is 14.8 Å². The van der Waals surface area contributed by atoms with Crippen molar-refractivity contribution in [1.82, 2.24) is 0 Å². The zero-order valence-corrected chi connectivity index (χ0v) is 34.5. The van der Waals surface area contributed by atoms with E-state index in [0.29, 0.717) is 11.5 Å². The first kappa shape index (κ1) is 45.7. The molecular weight excluding hydrogens is 820 g/mol. The van der Waals surface area contributed by atoms with Gasteiger partial charge < -0.3 is 73.1 Å². The highest BCUT2D eigenvalue weighted by atomic mass is 16.8. The number of nitrogens with zero attached hydrogens (tertiary/aromatic N) is 1. The molecule has 7 rings (SSSR count). The minimum atomic E-state index is -1.71. The van der Waals surface area contributed by atoms with Crippen molar-refractivity contribution in [2.24, 2.45) is 11.1 Å². The Bertz CT molecular complexity index is 1850. The number of carboxylic acids is 1. The van der Waals surface area contributed by atoms with Crippen LogP contribution in [0.15, 0.2) is 53.7 Å². The maximum absolute atomic E-state index is 14.2. The number of methoxy groups -OCH3 is 2. The van der Waals surface area contributed by atoms with Crippen LogP contribution in [-0.2, 0) is 47.5 Å². The fourth-order valence-electron chi connectivity index (χ4n) is 8.64. The number of esters is 1. The lowest BCUT2D eigenvalue weighted by molar-refractivity contribution is -0.423. The number of aliphatic carboxylic acids is 1. The number of aliphatic hydroxyl groups excluding tert-OH is 3. The highest BCUT2D eigenvalue weighted by Crippen LogP contribution is 2.41. The zero-order chi connectivity index (χ0) is 44.1. The smallest absolute Gasteiger partial charge is 0.338 e. The van der Waals surface area contributed by atoms with E-state index >= 15 is 0 Å². The molecule has 4 aliphatic heterocycles. The van der Waals surface area contributed by atoms with Crippen molar-refractivity contribution in [3.63, 3.8) is 0 Å². The molecule has 1 aliphatic carbocycles. The Hall–Kier alpha value is -4.35. The van der Waals surface area contributed by atoms with Crippen LogP contribution in [0, 0.1) is 10.8 Å². The number of amides is 1. The zero-order valence-electron chi connectivity index (χ0n) is 34.5. The number of carbonyl (C=O) groups excluding carboxylic acids is 2. The normalized spacial score (nSPS) is 35.3. The minimum absolute atomic E-state index is 0.00520. The molecule has 2 aromatic carbocycles. The van der Waals surface area contributed by atoms with Crippen LogP contribution in [0.25, 0.3) is 0 Å². The molecule has 5 N–H and O–H groups in total. The molecule has 0 aromatic heterocycles. The van der Waals surface area contributed by atoms with E-state index in [1.807, 2.05) is 0 Å². The molecule has 5 fully saturated rings. The average Bonchev–Trinajstić information content (AvgIpc) is 3.27. The number of nitrogens with one attached hydrogen (secondary N) is 1. The third-order valence-electron chi connectivity index (χ3n) is 12.0. The van der Waals surface area contributed by atoms with Crippen LogP contribution in [0.2, 0.25) is 0 Å². The SMILES string of the molecule is COc1ccc(NC(=O)C2OCCC(OC3OC4C(O[C@@H]4O)C(OC(CC4CCCCC4)C(=O)O)C3OC(=O)c3ccccc3)C2OC2OC(C)C(O)C(O)C2N=O)cc1OC. The van der Waals surface area contributed by atoms with Crippen LogP contribution in [0.4, 0.5) is 5.69 Å². The summed E-state index contributed by atoms with van der Waals surface area (Å²) < 4.78 is 59.7. The lowest BCUT2D eigenvalue weighted by Gasteiger charge is -2.53. The van der Waals surface area contributed by atoms with E-state index in [0.717, 1.165) is 32.1 Å². The summed E-state index contributed by atoms with van der Waals surface area (Å²) in [7, 11) is 2.88. The summed E-state index contributed by atoms with van der Waals surface area (Å²) in [6.07, 6.45) is -14.9. The van der Waals surface area contributed by atoms with E-state index < -0.39 is 110 Å². The van der Waals surface area contributed by atoms with Gasteiger partial charge in [0.05, 0.1) is 38.6 Å². The molecule has 0 bridgehead atoms. The summed E-state index contributed by atoms with van der Waals surface area (Å²) in [5.74, 6) is -2.03. The number of carboxylic acid groups (broad SMARTS) is 1. The standard InChI is InChI=1S/C42H54N2O18/c1-20-29(45)30(46)28(44-52)41(56-20)61-31-25(16-17-55-34(31)37(47)43-23-14-15-24(53-2)26(19-23)54-3)58-42-36(60-39(50)22-12-8-5-9-13-22)33(32-35(62-42)40(51)59-32)57-27(38(48)49)18-21-10-6-4-7-11-21/h5,8-9,12-15,19-21,25,27-36,40-42,45-46,51H,4,6-7,10-11,16-18H2,1-3H3,(H,43,47)(H,48,49)/t20?,25?,27?,28?,29?,30?,31?,32?,33?,34?,35?,36?,40-,41?,42?/m0/s1. The molecule has 15 atom stereocenters. The van der Waals surface area contributed by atoms with E-state index in [-0.39, 0.29) is 36.6 Å². The topological polar surface area (TPSA) is 266 Å². The maximum Gasteiger partial charge on any atom is 0.338 e. The quantitative estimate of drug-likeness (QED) is 0.120. The van der Waals surface area contributed by atoms with Gasteiger partial charge in [0.25, 0.3) is 5.91 Å². The Morgan fingerprint density at radius 2 is 1.58 bits per heavy atom. The van der Waals surface area contributed by atoms with Crippen molar-refractivity contribution < 1.29 is 82.2 Å². The molecular formula is C42H54N2O18. The first-order valence-corrected chi connectivity index (χ1v) is 20.8. The molecule has 20 heteroatoms. The van der Waals surface area contributed by atoms with Crippen LogP contribution >= 0.6 is 0 Å². The number of rotatable bonds is 16. The molecule has 340 valence electrons. The Balaban J connectivity index is 1.22. The molecule has 1 amide bonds. The van der Waals surface area contributed by atoms with E-state index in [2.05, 4.69) is 10.5 Å². The first-order valence-electron chi connectivity index (χ1n) is 20.8. The second kappa shape index (κ2) is 20.4. The Labute approximate surface area is 356 Å². The Morgan fingerprint density at radius 3 is 2.26 bits per heavy atom. The van der Waals surface area contributed by atoms with Gasteiger partial charge in [-0.2, -0.15) is 4.91 Å². The number of fused-ring (bicyclic) bond motifs is 1. The van der Waals surface area contributed by atoms with E-state index in [4.69, 9.17) is 47.4 Å². The highest BCUT2D eigenvalue weighted by Gasteiger charge is 2.61. The average molecular weight is 875 g/mol. The Morgan fingerprint density at radius 1 is 0.839 bits per heavy atom. The van der Waals surface area contributed by atoms with Crippen molar-refractivity contribution >= 4 is 23.5 Å². The van der Waals surface area contributed by atoms with Crippen molar-refractivity contribution in [3.8, 4) is 11.5 Å². The number of aliphatic hydroxyl groups is 3. The van der Waals surface area contributed by atoms with Crippen LogP contribution in [0.3, 0.4) is 0 Å². The molecule has 62 heavy (non-hydrogen) atoms. The summed E-state index contributed by atoms with van der Waals surface area (Å²) >= 11 is 0. The maximum atomic E-state index is 14.2. The van der Waals surface area contributed by atoms with E-state index in [1.165, 1.54) is 39.3 Å². The van der Waals surface area contributed by atoms with Crippen molar-refractivity contribution in [3.05, 3.63) is 59.0 Å². The molecule has 1 saturated carbocycles. The summed E-state index contributed by atoms with van der Waals surface area (Å²) in [6.45, 7) is 1.34. The van der Waals surface area contributed by atoms with Crippen molar-refractivity contribution in [2.75, 3.05) is 26.1 Å². The van der Waals surface area contributed by atoms with Crippen molar-refractivity contribution in [1.29, 1.82) is 0 Å².